The van der Waals surface area contributed by atoms with Crippen molar-refractivity contribution in [1.29, 1.82) is 0 Å². The van der Waals surface area contributed by atoms with Gasteiger partial charge in [-0.2, -0.15) is 0 Å². The average molecular weight is 847 g/mol. The van der Waals surface area contributed by atoms with Crippen LogP contribution in [0.4, 0.5) is 0 Å². The van der Waals surface area contributed by atoms with E-state index in [4.69, 9.17) is 61.6 Å². The zero-order chi connectivity index (χ0) is 42.2. The average Bonchev–Trinajstić information content (AvgIpc) is 3.25. The number of hydrogen-bond donors (Lipinski definition) is 0. The van der Waals surface area contributed by atoms with Gasteiger partial charge in [0.25, 0.3) is 0 Å². The van der Waals surface area contributed by atoms with Crippen molar-refractivity contribution in [2.75, 3.05) is 159 Å². The summed E-state index contributed by atoms with van der Waals surface area (Å²) in [4.78, 5) is 11.6. The van der Waals surface area contributed by atoms with E-state index in [9.17, 15) is 4.79 Å². The van der Waals surface area contributed by atoms with Gasteiger partial charge in [0.05, 0.1) is 145 Å². The van der Waals surface area contributed by atoms with Crippen molar-refractivity contribution in [2.24, 2.45) is 0 Å². The highest BCUT2D eigenvalue weighted by Crippen LogP contribution is 2.15. The zero-order valence-corrected chi connectivity index (χ0v) is 37.0. The Hall–Kier alpha value is -1.95. The van der Waals surface area contributed by atoms with E-state index < -0.39 is 0 Å². The number of aryl methyl sites for hydroxylation is 1. The molecule has 0 N–H and O–H groups in total. The maximum Gasteiger partial charge on any atom is 0.305 e. The molecule has 59 heavy (non-hydrogen) atoms. The van der Waals surface area contributed by atoms with Crippen LogP contribution in [0, 0.1) is 0 Å². The van der Waals surface area contributed by atoms with Gasteiger partial charge in [-0.15, -0.1) is 0 Å². The lowest BCUT2D eigenvalue weighted by Crippen LogP contribution is -2.16. The maximum absolute atomic E-state index is 11.6. The van der Waals surface area contributed by atoms with E-state index in [0.29, 0.717) is 158 Å². The fourth-order valence-corrected chi connectivity index (χ4v) is 5.36. The number of esters is 1. The quantitative estimate of drug-likeness (QED) is 0.0510. The van der Waals surface area contributed by atoms with Crippen LogP contribution in [0.3, 0.4) is 0 Å². The molecule has 14 heteroatoms. The number of ether oxygens (including phenoxy) is 13. The molecule has 0 aromatic heterocycles. The summed E-state index contributed by atoms with van der Waals surface area (Å²) in [7, 11) is 0. The summed E-state index contributed by atoms with van der Waals surface area (Å²) in [6, 6.07) is 8.43. The summed E-state index contributed by atoms with van der Waals surface area (Å²) in [5, 5.41) is 0. The number of carbonyl (C=O) groups is 1. The lowest BCUT2D eigenvalue weighted by atomic mass is 10.0. The van der Waals surface area contributed by atoms with Gasteiger partial charge >= 0.3 is 5.97 Å². The predicted molar refractivity (Wildman–Crippen MR) is 228 cm³/mol. The van der Waals surface area contributed by atoms with Gasteiger partial charge in [-0.05, 0) is 37.0 Å². The van der Waals surface area contributed by atoms with E-state index in [1.807, 2.05) is 12.1 Å². The molecule has 0 saturated carbocycles. The van der Waals surface area contributed by atoms with E-state index in [1.165, 1.54) is 44.1 Å². The monoisotopic (exact) mass is 847 g/mol. The summed E-state index contributed by atoms with van der Waals surface area (Å²) in [6.45, 7) is 16.1. The van der Waals surface area contributed by atoms with Crippen molar-refractivity contribution in [3.05, 3.63) is 29.8 Å². The van der Waals surface area contributed by atoms with Crippen LogP contribution in [-0.4, -0.2) is 165 Å². The third-order valence-corrected chi connectivity index (χ3v) is 8.68. The molecular formula is C45H82O14. The molecule has 0 atom stereocenters. The molecule has 1 aromatic rings. The second-order valence-electron chi connectivity index (χ2n) is 13.8. The Morgan fingerprint density at radius 1 is 0.356 bits per heavy atom. The summed E-state index contributed by atoms with van der Waals surface area (Å²) >= 11 is 0. The fourth-order valence-electron chi connectivity index (χ4n) is 5.36. The normalized spacial score (nSPS) is 11.4. The Labute approximate surface area is 356 Å². The van der Waals surface area contributed by atoms with Crippen molar-refractivity contribution in [2.45, 2.75) is 90.9 Å². The molecular weight excluding hydrogens is 764 g/mol. The van der Waals surface area contributed by atoms with Gasteiger partial charge in [-0.25, -0.2) is 0 Å². The first-order valence-electron chi connectivity index (χ1n) is 22.5. The molecule has 0 saturated heterocycles. The van der Waals surface area contributed by atoms with Gasteiger partial charge in [-0.1, -0.05) is 77.3 Å². The Morgan fingerprint density at radius 2 is 0.661 bits per heavy atom. The van der Waals surface area contributed by atoms with E-state index in [-0.39, 0.29) is 12.6 Å². The first-order valence-corrected chi connectivity index (χ1v) is 22.5. The molecule has 0 bridgehead atoms. The number of hydrogen-bond acceptors (Lipinski definition) is 14. The van der Waals surface area contributed by atoms with Crippen LogP contribution in [0.1, 0.15) is 90.0 Å². The number of unbranched alkanes of at least 4 members (excludes halogenated alkanes) is 8. The Morgan fingerprint density at radius 3 is 1.03 bits per heavy atom. The maximum atomic E-state index is 11.6. The first-order chi connectivity index (χ1) is 29.3. The second kappa shape index (κ2) is 47.1. The van der Waals surface area contributed by atoms with Crippen LogP contribution in [0.5, 0.6) is 5.75 Å². The fraction of sp³-hybridized carbons (Fsp3) is 0.844. The molecule has 0 amide bonds. The molecule has 0 fully saturated rings. The van der Waals surface area contributed by atoms with E-state index in [2.05, 4.69) is 26.0 Å². The Kier molecular flexibility index (Phi) is 44.0. The smallest absolute Gasteiger partial charge is 0.305 e. The molecule has 346 valence electrons. The number of carbonyl (C=O) groups excluding carboxylic acids is 1. The van der Waals surface area contributed by atoms with E-state index in [0.717, 1.165) is 37.9 Å². The molecule has 0 aliphatic rings. The van der Waals surface area contributed by atoms with Crippen molar-refractivity contribution >= 4 is 5.97 Å². The van der Waals surface area contributed by atoms with E-state index in [1.54, 1.807) is 0 Å². The van der Waals surface area contributed by atoms with Crippen LogP contribution < -0.4 is 4.74 Å². The highest BCUT2D eigenvalue weighted by molar-refractivity contribution is 5.69. The van der Waals surface area contributed by atoms with E-state index >= 15 is 0 Å². The van der Waals surface area contributed by atoms with Crippen molar-refractivity contribution < 1.29 is 66.4 Å². The topological polar surface area (TPSA) is 137 Å². The summed E-state index contributed by atoms with van der Waals surface area (Å²) < 4.78 is 71.5. The van der Waals surface area contributed by atoms with Gasteiger partial charge in [-0.3, -0.25) is 4.79 Å². The standard InChI is InChI=1S/C45H82O14/c1-3-5-7-9-10-11-13-43-15-17-44(18-16-43)58-41-39-56-37-35-54-33-31-52-29-27-50-25-23-48-21-19-47-20-22-49-24-26-51-28-30-53-32-34-55-36-38-57-40-42-59-45(46)14-12-8-6-4-2/h15-18H,3-14,19-42H2,1-2H3. The van der Waals surface area contributed by atoms with Gasteiger partial charge in [0.2, 0.25) is 0 Å². The number of benzene rings is 1. The lowest BCUT2D eigenvalue weighted by Gasteiger charge is -2.09. The Balaban J connectivity index is 1.66. The predicted octanol–water partition coefficient (Wildman–Crippen LogP) is 6.66. The first kappa shape index (κ1) is 55.1. The van der Waals surface area contributed by atoms with Gasteiger partial charge in [0, 0.05) is 6.42 Å². The molecule has 0 aliphatic heterocycles. The second-order valence-corrected chi connectivity index (χ2v) is 13.8. The highest BCUT2D eigenvalue weighted by atomic mass is 16.6. The molecule has 0 heterocycles. The largest absolute Gasteiger partial charge is 0.491 e. The summed E-state index contributed by atoms with van der Waals surface area (Å²) in [6.07, 6.45) is 13.8. The van der Waals surface area contributed by atoms with Crippen molar-refractivity contribution in [1.82, 2.24) is 0 Å². The van der Waals surface area contributed by atoms with Crippen LogP contribution >= 0.6 is 0 Å². The van der Waals surface area contributed by atoms with Crippen LogP contribution in [0.15, 0.2) is 24.3 Å². The third kappa shape index (κ3) is 42.5. The third-order valence-electron chi connectivity index (χ3n) is 8.68. The zero-order valence-electron chi connectivity index (χ0n) is 37.0. The molecule has 0 spiro atoms. The summed E-state index contributed by atoms with van der Waals surface area (Å²) in [5.74, 6) is 0.729. The summed E-state index contributed by atoms with van der Waals surface area (Å²) in [5.41, 5.74) is 1.37. The molecule has 0 unspecified atom stereocenters. The van der Waals surface area contributed by atoms with Gasteiger partial charge < -0.3 is 61.6 Å². The van der Waals surface area contributed by atoms with Gasteiger partial charge in [0.15, 0.2) is 0 Å². The van der Waals surface area contributed by atoms with Crippen molar-refractivity contribution in [3.63, 3.8) is 0 Å². The Bertz CT molecular complexity index is 971. The van der Waals surface area contributed by atoms with Crippen molar-refractivity contribution in [3.8, 4) is 5.75 Å². The molecule has 0 radical (unpaired) electrons. The molecule has 0 aliphatic carbocycles. The highest BCUT2D eigenvalue weighted by Gasteiger charge is 2.03. The number of rotatable bonds is 49. The van der Waals surface area contributed by atoms with Gasteiger partial charge in [0.1, 0.15) is 19.0 Å². The van der Waals surface area contributed by atoms with Crippen LogP contribution in [0.2, 0.25) is 0 Å². The minimum absolute atomic E-state index is 0.153. The molecule has 1 rings (SSSR count). The minimum atomic E-state index is -0.153. The van der Waals surface area contributed by atoms with Crippen LogP contribution in [-0.2, 0) is 68.1 Å². The minimum Gasteiger partial charge on any atom is -0.491 e. The lowest BCUT2D eigenvalue weighted by molar-refractivity contribution is -0.145. The van der Waals surface area contributed by atoms with Crippen LogP contribution in [0.25, 0.3) is 0 Å². The molecule has 14 nitrogen and oxygen atoms in total. The SMILES string of the molecule is CCCCCCCCc1ccc(OCCOCCOCCOCCOCCOCCOCCOCCOCCOCCOCCOCCOC(=O)CCCCCC)cc1. The molecule has 1 aromatic carbocycles.